The molecule has 0 radical (unpaired) electrons. The highest BCUT2D eigenvalue weighted by atomic mass is 32.1. The Morgan fingerprint density at radius 2 is 1.12 bits per heavy atom. The first kappa shape index (κ1) is 43.4. The number of thiophene rings is 2. The van der Waals surface area contributed by atoms with Crippen LogP contribution in [-0.4, -0.2) is 19.8 Å². The van der Waals surface area contributed by atoms with E-state index in [0.29, 0.717) is 0 Å². The molecule has 8 heteroatoms. The molecule has 0 saturated heterocycles. The summed E-state index contributed by atoms with van der Waals surface area (Å²) in [6.07, 6.45) is 12.1. The zero-order valence-electron chi connectivity index (χ0n) is 37.0. The van der Waals surface area contributed by atoms with Gasteiger partial charge in [0.25, 0.3) is 0 Å². The smallest absolute Gasteiger partial charge is 0.335 e. The van der Waals surface area contributed by atoms with Gasteiger partial charge in [0, 0.05) is 53.8 Å². The van der Waals surface area contributed by atoms with Crippen molar-refractivity contribution >= 4 is 68.5 Å². The monoisotopic (exact) mass is 895 g/mol. The van der Waals surface area contributed by atoms with E-state index >= 15 is 0 Å². The quantitative estimate of drug-likeness (QED) is 0.0773. The number of carboxylic acids is 1. The molecule has 0 aliphatic heterocycles. The Balaban J connectivity index is 1.08. The van der Waals surface area contributed by atoms with Crippen LogP contribution < -0.4 is 4.90 Å². The van der Waals surface area contributed by atoms with Gasteiger partial charge in [0.05, 0.1) is 22.2 Å². The van der Waals surface area contributed by atoms with Crippen LogP contribution in [0.2, 0.25) is 0 Å². The summed E-state index contributed by atoms with van der Waals surface area (Å²) in [6, 6.07) is 42.4. The fraction of sp³-hybridized carbons (Fsp3) is 0.268. The molecule has 0 bridgehead atoms. The van der Waals surface area contributed by atoms with E-state index in [-0.39, 0.29) is 11.0 Å². The highest BCUT2D eigenvalue weighted by molar-refractivity contribution is 7.17. The fourth-order valence-corrected chi connectivity index (χ4v) is 12.6. The van der Waals surface area contributed by atoms with Crippen LogP contribution in [0.25, 0.3) is 43.7 Å². The third kappa shape index (κ3) is 8.69. The first-order valence-corrected chi connectivity index (χ1v) is 25.1. The number of nitrogens with zero attached hydrogens (tertiary/aromatic N) is 3. The lowest BCUT2D eigenvalue weighted by molar-refractivity contribution is 0.0697. The molecule has 1 aliphatic carbocycles. The van der Waals surface area contributed by atoms with Crippen LogP contribution in [0.3, 0.4) is 0 Å². The number of aromatic nitrogens is 2. The summed E-state index contributed by atoms with van der Waals surface area (Å²) in [6.45, 7) is 8.83. The zero-order valence-corrected chi connectivity index (χ0v) is 39.5. The molecular formula is C56H53N3O2S3. The molecule has 0 atom stereocenters. The number of anilines is 3. The molecule has 3 heterocycles. The number of carboxylic acid groups (broad SMARTS) is 1. The Bertz CT molecular complexity index is 2910. The zero-order chi connectivity index (χ0) is 44.2. The van der Waals surface area contributed by atoms with Crippen molar-refractivity contribution in [1.29, 1.82) is 0 Å². The first-order chi connectivity index (χ1) is 31.3. The minimum Gasteiger partial charge on any atom is -0.478 e. The summed E-state index contributed by atoms with van der Waals surface area (Å²) >= 11 is 5.12. The summed E-state index contributed by atoms with van der Waals surface area (Å²) in [5.41, 5.74) is 14.7. The largest absolute Gasteiger partial charge is 0.478 e. The summed E-state index contributed by atoms with van der Waals surface area (Å²) in [4.78, 5) is 19.0. The maximum absolute atomic E-state index is 11.5. The maximum Gasteiger partial charge on any atom is 0.335 e. The van der Waals surface area contributed by atoms with E-state index in [9.17, 15) is 9.90 Å². The van der Waals surface area contributed by atoms with Crippen molar-refractivity contribution in [3.63, 3.8) is 0 Å². The summed E-state index contributed by atoms with van der Waals surface area (Å²) in [5.74, 6) is 5.88. The van der Waals surface area contributed by atoms with Crippen LogP contribution in [0.5, 0.6) is 0 Å². The van der Waals surface area contributed by atoms with Gasteiger partial charge in [-0.3, -0.25) is 0 Å². The Morgan fingerprint density at radius 3 is 1.70 bits per heavy atom. The number of carbonyl (C=O) groups is 1. The molecular weight excluding hydrogens is 843 g/mol. The van der Waals surface area contributed by atoms with Crippen molar-refractivity contribution < 1.29 is 9.90 Å². The van der Waals surface area contributed by atoms with Gasteiger partial charge in [-0.25, -0.2) is 4.79 Å². The minimum atomic E-state index is -0.928. The van der Waals surface area contributed by atoms with Gasteiger partial charge in [-0.1, -0.05) is 137 Å². The van der Waals surface area contributed by atoms with Crippen LogP contribution in [0.4, 0.5) is 17.1 Å². The van der Waals surface area contributed by atoms with Crippen molar-refractivity contribution in [3.8, 4) is 44.5 Å². The summed E-state index contributed by atoms with van der Waals surface area (Å²) in [7, 11) is 0. The molecule has 5 nitrogen and oxygen atoms in total. The van der Waals surface area contributed by atoms with Gasteiger partial charge in [0.15, 0.2) is 0 Å². The molecule has 0 spiro atoms. The first-order valence-electron chi connectivity index (χ1n) is 22.7. The van der Waals surface area contributed by atoms with Crippen molar-refractivity contribution in [2.24, 2.45) is 0 Å². The number of rotatable bonds is 16. The van der Waals surface area contributed by atoms with E-state index < -0.39 is 5.97 Å². The van der Waals surface area contributed by atoms with Crippen LogP contribution in [0.15, 0.2) is 121 Å². The fourth-order valence-electron chi connectivity index (χ4n) is 9.23. The Labute approximate surface area is 389 Å². The van der Waals surface area contributed by atoms with Crippen molar-refractivity contribution in [3.05, 3.63) is 158 Å². The highest BCUT2D eigenvalue weighted by Crippen LogP contribution is 2.61. The second kappa shape index (κ2) is 19.1. The summed E-state index contributed by atoms with van der Waals surface area (Å²) < 4.78 is 9.92. The normalized spacial score (nSPS) is 12.5. The van der Waals surface area contributed by atoms with E-state index in [4.69, 9.17) is 8.75 Å². The maximum atomic E-state index is 11.5. The van der Waals surface area contributed by atoms with Gasteiger partial charge in [0.1, 0.15) is 11.0 Å². The van der Waals surface area contributed by atoms with E-state index in [1.807, 2.05) is 22.7 Å². The third-order valence-corrected chi connectivity index (χ3v) is 15.9. The molecule has 1 aliphatic rings. The average molecular weight is 896 g/mol. The minimum absolute atomic E-state index is 0.0467. The molecule has 0 unspecified atom stereocenters. The second-order valence-electron chi connectivity index (χ2n) is 17.2. The molecule has 0 fully saturated rings. The predicted molar refractivity (Wildman–Crippen MR) is 271 cm³/mol. The molecule has 5 aromatic carbocycles. The van der Waals surface area contributed by atoms with Crippen molar-refractivity contribution in [2.45, 2.75) is 97.3 Å². The average Bonchev–Trinajstić information content (AvgIpc) is 4.12. The second-order valence-corrected chi connectivity index (χ2v) is 19.9. The SMILES string of the molecule is CCCCCCC1(CCCCCC)c2sc(C#Cc3ccc(C(=O)O)cc3)cc2-c2cc(-c3ccc(-c4ccc(N(c5ccc(C)cc5)c5ccc(C)cc5)cc4)c4nsnc34)sc21. The number of fused-ring (bicyclic) bond motifs is 4. The molecule has 3 aromatic heterocycles. The molecule has 1 N–H and O–H groups in total. The number of unbranched alkanes of at least 4 members (excludes halogenated alkanes) is 6. The van der Waals surface area contributed by atoms with E-state index in [0.717, 1.165) is 68.1 Å². The molecule has 8 aromatic rings. The lowest BCUT2D eigenvalue weighted by atomic mass is 9.77. The van der Waals surface area contributed by atoms with Crippen molar-refractivity contribution in [1.82, 2.24) is 8.75 Å². The molecule has 64 heavy (non-hydrogen) atoms. The van der Waals surface area contributed by atoms with E-state index in [2.05, 4.69) is 141 Å². The van der Waals surface area contributed by atoms with Crippen LogP contribution in [0, 0.1) is 25.7 Å². The predicted octanol–water partition coefficient (Wildman–Crippen LogP) is 16.5. The number of aromatic carboxylic acids is 1. The molecule has 0 saturated carbocycles. The Morgan fingerprint density at radius 1 is 0.594 bits per heavy atom. The number of aryl methyl sites for hydroxylation is 2. The number of hydrogen-bond donors (Lipinski definition) is 1. The van der Waals surface area contributed by atoms with E-state index in [1.54, 1.807) is 24.3 Å². The summed E-state index contributed by atoms with van der Waals surface area (Å²) in [5, 5.41) is 9.39. The lowest BCUT2D eigenvalue weighted by Crippen LogP contribution is -2.23. The van der Waals surface area contributed by atoms with Gasteiger partial charge in [-0.2, -0.15) is 8.75 Å². The Kier molecular flexibility index (Phi) is 12.9. The van der Waals surface area contributed by atoms with Crippen LogP contribution in [0.1, 0.15) is 120 Å². The standard InChI is InChI=1S/C56H53N3O2S3/c1-5-7-9-11-33-56(34-12-10-8-6-2)53-48(35-45(62-53)30-19-39-17-20-41(21-18-39)55(60)61)49-36-50(63-54(49)56)47-32-31-46(51-52(47)58-64-57-51)40-22-28-44(29-23-40)59(42-24-13-37(3)14-25-42)43-26-15-38(4)16-27-43/h13-18,20-29,31-32,35-36H,5-12,33-34H2,1-4H3,(H,60,61). The molecule has 9 rings (SSSR count). The Hall–Kier alpha value is -5.85. The van der Waals surface area contributed by atoms with Gasteiger partial charge in [-0.05, 0) is 116 Å². The van der Waals surface area contributed by atoms with Gasteiger partial charge < -0.3 is 10.0 Å². The van der Waals surface area contributed by atoms with Gasteiger partial charge in [-0.15, -0.1) is 22.7 Å². The third-order valence-electron chi connectivity index (χ3n) is 12.7. The van der Waals surface area contributed by atoms with Crippen LogP contribution >= 0.6 is 34.4 Å². The molecule has 322 valence electrons. The lowest BCUT2D eigenvalue weighted by Gasteiger charge is -2.30. The highest BCUT2D eigenvalue weighted by Gasteiger charge is 2.46. The topological polar surface area (TPSA) is 66.3 Å². The van der Waals surface area contributed by atoms with Gasteiger partial charge >= 0.3 is 5.97 Å². The van der Waals surface area contributed by atoms with E-state index in [1.165, 1.54) is 100.0 Å². The van der Waals surface area contributed by atoms with Crippen LogP contribution in [-0.2, 0) is 5.41 Å². The van der Waals surface area contributed by atoms with Gasteiger partial charge in [0.2, 0.25) is 0 Å². The van der Waals surface area contributed by atoms with Crippen molar-refractivity contribution in [2.75, 3.05) is 4.90 Å². The molecule has 0 amide bonds. The number of benzene rings is 5. The number of hydrogen-bond acceptors (Lipinski definition) is 7.